The molecule has 6 nitrogen and oxygen atoms in total. The van der Waals surface area contributed by atoms with E-state index in [0.29, 0.717) is 40.1 Å². The number of fused-ring (bicyclic) bond motifs is 2. The molecule has 35 heavy (non-hydrogen) atoms. The molecule has 1 aliphatic rings. The summed E-state index contributed by atoms with van der Waals surface area (Å²) >= 11 is 6.17. The maximum Gasteiger partial charge on any atom is 0.296 e. The first-order valence-electron chi connectivity index (χ1n) is 11.6. The van der Waals surface area contributed by atoms with Gasteiger partial charge in [0.2, 0.25) is 5.76 Å². The third kappa shape index (κ3) is 4.30. The van der Waals surface area contributed by atoms with Gasteiger partial charge >= 0.3 is 0 Å². The Balaban J connectivity index is 1.69. The highest BCUT2D eigenvalue weighted by atomic mass is 35.5. The van der Waals surface area contributed by atoms with Crippen LogP contribution in [-0.4, -0.2) is 17.5 Å². The quantitative estimate of drug-likeness (QED) is 0.317. The van der Waals surface area contributed by atoms with Gasteiger partial charge in [0, 0.05) is 10.7 Å². The minimum atomic E-state index is -0.722. The SMILES string of the molecule is Cc1cccc(N2C(=O)c3oc4ccc(Cl)cc4c(=O)c3C2c2cccc(OCCC(C)C)c2)n1. The van der Waals surface area contributed by atoms with Crippen molar-refractivity contribution < 1.29 is 13.9 Å². The summed E-state index contributed by atoms with van der Waals surface area (Å²) in [4.78, 5) is 33.5. The molecule has 0 radical (unpaired) electrons. The summed E-state index contributed by atoms with van der Waals surface area (Å²) < 4.78 is 12.0. The molecule has 0 aliphatic carbocycles. The molecule has 1 atom stereocenters. The van der Waals surface area contributed by atoms with E-state index in [2.05, 4.69) is 18.8 Å². The van der Waals surface area contributed by atoms with Crippen LogP contribution in [-0.2, 0) is 0 Å². The number of carbonyl (C=O) groups is 1. The molecule has 2 aromatic heterocycles. The molecular formula is C28H25ClN2O4. The van der Waals surface area contributed by atoms with Gasteiger partial charge in [0.1, 0.15) is 17.2 Å². The van der Waals surface area contributed by atoms with Gasteiger partial charge in [-0.3, -0.25) is 14.5 Å². The Labute approximate surface area is 208 Å². The van der Waals surface area contributed by atoms with Gasteiger partial charge in [0.25, 0.3) is 5.91 Å². The Kier molecular flexibility index (Phi) is 6.07. The van der Waals surface area contributed by atoms with E-state index in [9.17, 15) is 9.59 Å². The van der Waals surface area contributed by atoms with Crippen LogP contribution in [0.1, 0.15) is 53.7 Å². The van der Waals surface area contributed by atoms with Crippen molar-refractivity contribution >= 4 is 34.3 Å². The van der Waals surface area contributed by atoms with E-state index in [1.54, 1.807) is 24.3 Å². The first-order chi connectivity index (χ1) is 16.8. The van der Waals surface area contributed by atoms with Crippen molar-refractivity contribution in [3.8, 4) is 5.75 Å². The van der Waals surface area contributed by atoms with Crippen molar-refractivity contribution in [3.05, 3.63) is 98.5 Å². The number of carbonyl (C=O) groups excluding carboxylic acids is 1. The molecule has 5 rings (SSSR count). The predicted molar refractivity (Wildman–Crippen MR) is 137 cm³/mol. The molecule has 0 N–H and O–H groups in total. The number of amides is 1. The van der Waals surface area contributed by atoms with Crippen LogP contribution >= 0.6 is 11.6 Å². The fourth-order valence-electron chi connectivity index (χ4n) is 4.35. The Morgan fingerprint density at radius 3 is 2.66 bits per heavy atom. The van der Waals surface area contributed by atoms with Crippen molar-refractivity contribution in [2.45, 2.75) is 33.2 Å². The first kappa shape index (κ1) is 23.1. The van der Waals surface area contributed by atoms with E-state index in [0.717, 1.165) is 17.7 Å². The monoisotopic (exact) mass is 488 g/mol. The smallest absolute Gasteiger partial charge is 0.296 e. The lowest BCUT2D eigenvalue weighted by Gasteiger charge is -2.25. The van der Waals surface area contributed by atoms with E-state index in [1.807, 2.05) is 43.3 Å². The number of aryl methyl sites for hydroxylation is 1. The number of hydrogen-bond donors (Lipinski definition) is 0. The van der Waals surface area contributed by atoms with Crippen LogP contribution < -0.4 is 15.1 Å². The minimum absolute atomic E-state index is 0.0178. The zero-order valence-corrected chi connectivity index (χ0v) is 20.5. The van der Waals surface area contributed by atoms with E-state index < -0.39 is 11.9 Å². The van der Waals surface area contributed by atoms with E-state index in [-0.39, 0.29) is 16.8 Å². The zero-order chi connectivity index (χ0) is 24.7. The maximum absolute atomic E-state index is 13.7. The van der Waals surface area contributed by atoms with Gasteiger partial charge in [-0.1, -0.05) is 43.6 Å². The summed E-state index contributed by atoms with van der Waals surface area (Å²) in [7, 11) is 0. The number of halogens is 1. The number of nitrogens with zero attached hydrogens (tertiary/aromatic N) is 2. The van der Waals surface area contributed by atoms with Crippen molar-refractivity contribution in [2.75, 3.05) is 11.5 Å². The van der Waals surface area contributed by atoms with Crippen molar-refractivity contribution in [1.29, 1.82) is 0 Å². The summed E-state index contributed by atoms with van der Waals surface area (Å²) in [5, 5.41) is 0.751. The van der Waals surface area contributed by atoms with Gasteiger partial charge in [0.15, 0.2) is 5.43 Å². The number of anilines is 1. The average molecular weight is 489 g/mol. The molecule has 1 aliphatic heterocycles. The lowest BCUT2D eigenvalue weighted by molar-refractivity contribution is 0.0970. The number of pyridine rings is 1. The van der Waals surface area contributed by atoms with E-state index >= 15 is 0 Å². The molecule has 0 saturated carbocycles. The largest absolute Gasteiger partial charge is 0.494 e. The van der Waals surface area contributed by atoms with Gasteiger partial charge in [-0.25, -0.2) is 4.98 Å². The van der Waals surface area contributed by atoms with Crippen LogP contribution in [0, 0.1) is 12.8 Å². The van der Waals surface area contributed by atoms with E-state index in [4.69, 9.17) is 20.8 Å². The second kappa shape index (κ2) is 9.19. The summed E-state index contributed by atoms with van der Waals surface area (Å²) in [5.41, 5.74) is 1.79. The van der Waals surface area contributed by atoms with Gasteiger partial charge in [-0.05, 0) is 67.3 Å². The van der Waals surface area contributed by atoms with Crippen molar-refractivity contribution in [2.24, 2.45) is 5.92 Å². The molecule has 0 bridgehead atoms. The van der Waals surface area contributed by atoms with Crippen LogP contribution in [0.4, 0.5) is 5.82 Å². The predicted octanol–water partition coefficient (Wildman–Crippen LogP) is 6.32. The number of aromatic nitrogens is 1. The molecule has 0 fully saturated rings. The Morgan fingerprint density at radius 2 is 1.89 bits per heavy atom. The molecule has 1 amide bonds. The van der Waals surface area contributed by atoms with Crippen molar-refractivity contribution in [3.63, 3.8) is 0 Å². The maximum atomic E-state index is 13.7. The van der Waals surface area contributed by atoms with Crippen LogP contribution in [0.5, 0.6) is 5.75 Å². The lowest BCUT2D eigenvalue weighted by Crippen LogP contribution is -2.30. The molecule has 4 aromatic rings. The van der Waals surface area contributed by atoms with Crippen LogP contribution in [0.3, 0.4) is 0 Å². The zero-order valence-electron chi connectivity index (χ0n) is 19.7. The third-order valence-corrected chi connectivity index (χ3v) is 6.33. The second-order valence-electron chi connectivity index (χ2n) is 9.13. The standard InChI is InChI=1S/C28H25ClN2O4/c1-16(2)12-13-34-20-8-5-7-18(14-20)25-24-26(32)21-15-19(29)10-11-22(21)35-27(24)28(33)31(25)23-9-4-6-17(3)30-23/h4-11,14-16,25H,12-13H2,1-3H3. The topological polar surface area (TPSA) is 72.6 Å². The minimum Gasteiger partial charge on any atom is -0.494 e. The molecule has 7 heteroatoms. The average Bonchev–Trinajstić information content (AvgIpc) is 3.12. The fraction of sp³-hybridized carbons (Fsp3) is 0.250. The number of rotatable bonds is 6. The van der Waals surface area contributed by atoms with Gasteiger partial charge < -0.3 is 9.15 Å². The summed E-state index contributed by atoms with van der Waals surface area (Å²) in [6.45, 7) is 6.72. The third-order valence-electron chi connectivity index (χ3n) is 6.09. The van der Waals surface area contributed by atoms with Gasteiger partial charge in [0.05, 0.1) is 23.6 Å². The Bertz CT molecular complexity index is 1490. The number of hydrogen-bond acceptors (Lipinski definition) is 5. The highest BCUT2D eigenvalue weighted by Crippen LogP contribution is 2.41. The fourth-order valence-corrected chi connectivity index (χ4v) is 4.52. The van der Waals surface area contributed by atoms with Gasteiger partial charge in [-0.2, -0.15) is 0 Å². The van der Waals surface area contributed by atoms with Crippen LogP contribution in [0.2, 0.25) is 5.02 Å². The van der Waals surface area contributed by atoms with Crippen LogP contribution in [0.25, 0.3) is 11.0 Å². The molecule has 0 saturated heterocycles. The first-order valence-corrected chi connectivity index (χ1v) is 12.0. The summed E-state index contributed by atoms with van der Waals surface area (Å²) in [6.07, 6.45) is 0.921. The van der Waals surface area contributed by atoms with E-state index in [1.165, 1.54) is 4.90 Å². The van der Waals surface area contributed by atoms with Crippen molar-refractivity contribution in [1.82, 2.24) is 4.98 Å². The normalized spacial score (nSPS) is 15.2. The number of benzene rings is 2. The molecule has 1 unspecified atom stereocenters. The highest BCUT2D eigenvalue weighted by molar-refractivity contribution is 6.31. The number of ether oxygens (including phenoxy) is 1. The second-order valence-corrected chi connectivity index (χ2v) is 9.57. The summed E-state index contributed by atoms with van der Waals surface area (Å²) in [5.74, 6) is 1.24. The molecule has 2 aromatic carbocycles. The highest BCUT2D eigenvalue weighted by Gasteiger charge is 2.44. The van der Waals surface area contributed by atoms with Crippen LogP contribution in [0.15, 0.2) is 69.9 Å². The summed E-state index contributed by atoms with van der Waals surface area (Å²) in [6, 6.07) is 17.0. The Morgan fingerprint density at radius 1 is 1.09 bits per heavy atom. The lowest BCUT2D eigenvalue weighted by atomic mass is 9.98. The molecule has 0 spiro atoms. The molecule has 3 heterocycles. The Hall–Kier alpha value is -3.64. The van der Waals surface area contributed by atoms with Gasteiger partial charge in [-0.15, -0.1) is 0 Å². The molecular weight excluding hydrogens is 464 g/mol. The molecule has 178 valence electrons.